The normalized spacial score (nSPS) is 26.0. The van der Waals surface area contributed by atoms with Crippen LogP contribution in [0.3, 0.4) is 0 Å². The quantitative estimate of drug-likeness (QED) is 0.570. The molecule has 146 valence electrons. The van der Waals surface area contributed by atoms with E-state index in [-0.39, 0.29) is 24.3 Å². The Morgan fingerprint density at radius 1 is 1.19 bits per heavy atom. The van der Waals surface area contributed by atoms with E-state index in [0.29, 0.717) is 17.0 Å². The Kier molecular flexibility index (Phi) is 5.69. The number of rotatable bonds is 6. The highest BCUT2D eigenvalue weighted by Gasteiger charge is 2.48. The molecule has 3 aliphatic rings. The van der Waals surface area contributed by atoms with Crippen molar-refractivity contribution in [2.24, 2.45) is 23.7 Å². The van der Waals surface area contributed by atoms with Gasteiger partial charge in [-0.25, -0.2) is 4.79 Å². The number of ether oxygens (including phenoxy) is 1. The van der Waals surface area contributed by atoms with E-state index in [4.69, 9.17) is 4.74 Å². The number of nitrogens with one attached hydrogen (secondary N) is 1. The summed E-state index contributed by atoms with van der Waals surface area (Å²) in [4.78, 5) is 38.2. The summed E-state index contributed by atoms with van der Waals surface area (Å²) in [5, 5.41) is 13.0. The second kappa shape index (κ2) is 7.84. The third kappa shape index (κ3) is 3.52. The van der Waals surface area contributed by atoms with Gasteiger partial charge in [-0.1, -0.05) is 19.1 Å². The number of aliphatic carboxylic acids is 1. The Morgan fingerprint density at radius 3 is 2.33 bits per heavy atom. The Hall–Kier alpha value is -2.15. The first-order valence-corrected chi connectivity index (χ1v) is 10.2. The van der Waals surface area contributed by atoms with Crippen LogP contribution in [0, 0.1) is 30.6 Å². The number of aryl methyl sites for hydroxylation is 1. The fourth-order valence-corrected chi connectivity index (χ4v) is 5.53. The molecular weight excluding hydrogens is 366 g/mol. The van der Waals surface area contributed by atoms with Gasteiger partial charge in [-0.05, 0) is 50.5 Å². The minimum absolute atomic E-state index is 0.0751. The standard InChI is InChI=1S/C20H25NO5S/c1-4-13-10(3)27-18(16(13)20(25)26-5-2)21-17(22)14-11-6-8-12(9-7-11)15(14)19(23)24/h6,8,11-12,14-15H,4-5,7,9H2,1-3H3,(H,21,22)(H,23,24)/t11-,12-,14+,15+/m0/s1. The number of carbonyl (C=O) groups is 3. The van der Waals surface area contributed by atoms with Crippen LogP contribution in [0.5, 0.6) is 0 Å². The Bertz CT molecular complexity index is 797. The lowest BCUT2D eigenvalue weighted by atomic mass is 9.62. The summed E-state index contributed by atoms with van der Waals surface area (Å²) >= 11 is 1.34. The maximum Gasteiger partial charge on any atom is 0.341 e. The maximum atomic E-state index is 13.1. The molecule has 0 radical (unpaired) electrons. The predicted octanol–water partition coefficient (Wildman–Crippen LogP) is 3.65. The van der Waals surface area contributed by atoms with Gasteiger partial charge in [0, 0.05) is 4.88 Å². The summed E-state index contributed by atoms with van der Waals surface area (Å²) in [6, 6.07) is 0. The molecule has 0 spiro atoms. The molecule has 4 rings (SSSR count). The second-order valence-electron chi connectivity index (χ2n) is 7.08. The van der Waals surface area contributed by atoms with Crippen molar-refractivity contribution in [1.29, 1.82) is 0 Å². The summed E-state index contributed by atoms with van der Waals surface area (Å²) in [5.41, 5.74) is 1.27. The van der Waals surface area contributed by atoms with Crippen LogP contribution in [0.15, 0.2) is 12.2 Å². The van der Waals surface area contributed by atoms with E-state index < -0.39 is 23.8 Å². The van der Waals surface area contributed by atoms with Gasteiger partial charge >= 0.3 is 11.9 Å². The SMILES string of the molecule is CCOC(=O)c1c(NC(=O)[C@H]2[C@H](C(=O)O)[C@H]3C=C[C@H]2CC3)sc(C)c1CC. The number of amides is 1. The van der Waals surface area contributed by atoms with Crippen LogP contribution in [0.25, 0.3) is 0 Å². The van der Waals surface area contributed by atoms with Crippen molar-refractivity contribution in [2.45, 2.75) is 40.0 Å². The number of thiophene rings is 1. The fraction of sp³-hybridized carbons (Fsp3) is 0.550. The summed E-state index contributed by atoms with van der Waals surface area (Å²) in [7, 11) is 0. The van der Waals surface area contributed by atoms with Crippen LogP contribution in [0.2, 0.25) is 0 Å². The number of carboxylic acids is 1. The largest absolute Gasteiger partial charge is 0.481 e. The first-order chi connectivity index (χ1) is 12.9. The zero-order valence-corrected chi connectivity index (χ0v) is 16.6. The summed E-state index contributed by atoms with van der Waals surface area (Å²) in [6.45, 7) is 5.86. The van der Waals surface area contributed by atoms with E-state index in [2.05, 4.69) is 5.32 Å². The van der Waals surface area contributed by atoms with Gasteiger partial charge in [0.1, 0.15) is 5.00 Å². The molecule has 0 unspecified atom stereocenters. The van der Waals surface area contributed by atoms with Crippen molar-refractivity contribution in [3.8, 4) is 0 Å². The number of anilines is 1. The van der Waals surface area contributed by atoms with E-state index in [1.807, 2.05) is 26.0 Å². The van der Waals surface area contributed by atoms with E-state index >= 15 is 0 Å². The van der Waals surface area contributed by atoms with Gasteiger partial charge in [0.15, 0.2) is 0 Å². The molecule has 27 heavy (non-hydrogen) atoms. The van der Waals surface area contributed by atoms with Gasteiger partial charge in [0.2, 0.25) is 5.91 Å². The Morgan fingerprint density at radius 2 is 1.81 bits per heavy atom. The fourth-order valence-electron chi connectivity index (χ4n) is 4.40. The van der Waals surface area contributed by atoms with Crippen molar-refractivity contribution < 1.29 is 24.2 Å². The first-order valence-electron chi connectivity index (χ1n) is 9.40. The van der Waals surface area contributed by atoms with Gasteiger partial charge in [-0.2, -0.15) is 0 Å². The summed E-state index contributed by atoms with van der Waals surface area (Å²) in [6.07, 6.45) is 6.18. The van der Waals surface area contributed by atoms with Crippen molar-refractivity contribution in [2.75, 3.05) is 11.9 Å². The Labute approximate surface area is 162 Å². The lowest BCUT2D eigenvalue weighted by Crippen LogP contribution is -2.47. The van der Waals surface area contributed by atoms with Crippen molar-refractivity contribution in [3.05, 3.63) is 28.2 Å². The number of carboxylic acid groups (broad SMARTS) is 1. The van der Waals surface area contributed by atoms with Gasteiger partial charge in [-0.15, -0.1) is 11.3 Å². The molecule has 2 bridgehead atoms. The van der Waals surface area contributed by atoms with E-state index in [1.165, 1.54) is 11.3 Å². The molecule has 0 aromatic carbocycles. The minimum atomic E-state index is -0.934. The molecule has 6 nitrogen and oxygen atoms in total. The molecule has 0 saturated heterocycles. The average Bonchev–Trinajstić information content (AvgIpc) is 2.96. The van der Waals surface area contributed by atoms with Crippen LogP contribution >= 0.6 is 11.3 Å². The molecule has 4 atom stereocenters. The molecule has 1 saturated carbocycles. The summed E-state index contributed by atoms with van der Waals surface area (Å²) < 4.78 is 5.17. The highest BCUT2D eigenvalue weighted by Crippen LogP contribution is 2.46. The third-order valence-corrected chi connectivity index (χ3v) is 6.68. The molecule has 1 aromatic rings. The van der Waals surface area contributed by atoms with Crippen molar-refractivity contribution >= 4 is 34.2 Å². The lowest BCUT2D eigenvalue weighted by Gasteiger charge is -2.41. The number of hydrogen-bond acceptors (Lipinski definition) is 5. The zero-order chi connectivity index (χ0) is 19.7. The van der Waals surface area contributed by atoms with Crippen LogP contribution in [0.4, 0.5) is 5.00 Å². The lowest BCUT2D eigenvalue weighted by molar-refractivity contribution is -0.151. The summed E-state index contributed by atoms with van der Waals surface area (Å²) in [5.74, 6) is -3.22. The maximum absolute atomic E-state index is 13.1. The van der Waals surface area contributed by atoms with Crippen LogP contribution in [0.1, 0.15) is 47.5 Å². The highest BCUT2D eigenvalue weighted by molar-refractivity contribution is 7.16. The first kappa shape index (κ1) is 19.6. The van der Waals surface area contributed by atoms with Gasteiger partial charge in [0.05, 0.1) is 24.0 Å². The molecule has 1 aromatic heterocycles. The second-order valence-corrected chi connectivity index (χ2v) is 8.31. The monoisotopic (exact) mass is 391 g/mol. The van der Waals surface area contributed by atoms with Crippen molar-refractivity contribution in [3.63, 3.8) is 0 Å². The highest BCUT2D eigenvalue weighted by atomic mass is 32.1. The number of esters is 1. The van der Waals surface area contributed by atoms with Crippen LogP contribution in [-0.4, -0.2) is 29.6 Å². The molecule has 2 N–H and O–H groups in total. The predicted molar refractivity (Wildman–Crippen MR) is 103 cm³/mol. The number of hydrogen-bond donors (Lipinski definition) is 2. The molecular formula is C20H25NO5S. The van der Waals surface area contributed by atoms with Crippen LogP contribution in [-0.2, 0) is 20.7 Å². The molecule has 1 amide bonds. The molecule has 1 heterocycles. The van der Waals surface area contributed by atoms with Gasteiger partial charge in [-0.3, -0.25) is 9.59 Å². The van der Waals surface area contributed by atoms with Gasteiger partial charge < -0.3 is 15.2 Å². The minimum Gasteiger partial charge on any atom is -0.481 e. The molecule has 1 fully saturated rings. The number of fused-ring (bicyclic) bond motifs is 2. The smallest absolute Gasteiger partial charge is 0.341 e. The third-order valence-electron chi connectivity index (χ3n) is 5.61. The zero-order valence-electron chi connectivity index (χ0n) is 15.8. The van der Waals surface area contributed by atoms with E-state index in [9.17, 15) is 19.5 Å². The molecule has 3 aliphatic carbocycles. The van der Waals surface area contributed by atoms with Crippen molar-refractivity contribution in [1.82, 2.24) is 0 Å². The Balaban J connectivity index is 1.91. The van der Waals surface area contributed by atoms with Gasteiger partial charge in [0.25, 0.3) is 0 Å². The van der Waals surface area contributed by atoms with E-state index in [0.717, 1.165) is 23.3 Å². The topological polar surface area (TPSA) is 92.7 Å². The number of allylic oxidation sites excluding steroid dienone is 2. The molecule has 0 aliphatic heterocycles. The average molecular weight is 391 g/mol. The molecule has 7 heteroatoms. The van der Waals surface area contributed by atoms with E-state index in [1.54, 1.807) is 6.92 Å². The number of carbonyl (C=O) groups excluding carboxylic acids is 2. The van der Waals surface area contributed by atoms with Crippen LogP contribution < -0.4 is 5.32 Å².